The fourth-order valence-corrected chi connectivity index (χ4v) is 1.87. The summed E-state index contributed by atoms with van der Waals surface area (Å²) in [7, 11) is 1.83. The molecule has 0 spiro atoms. The predicted molar refractivity (Wildman–Crippen MR) is 73.8 cm³/mol. The van der Waals surface area contributed by atoms with Gasteiger partial charge in [0, 0.05) is 6.04 Å². The first-order valence-electron chi connectivity index (χ1n) is 6.24. The SMILES string of the molecule is CC(c1ccc(C(C)(C)C)cc1)N(C)CC(=O)O. The third-order valence-corrected chi connectivity index (χ3v) is 3.30. The maximum atomic E-state index is 10.7. The summed E-state index contributed by atoms with van der Waals surface area (Å²) in [6, 6.07) is 8.53. The van der Waals surface area contributed by atoms with E-state index in [0.717, 1.165) is 5.56 Å². The van der Waals surface area contributed by atoms with Crippen LogP contribution in [0.15, 0.2) is 24.3 Å². The molecule has 0 saturated carbocycles. The summed E-state index contributed by atoms with van der Waals surface area (Å²) in [6.07, 6.45) is 0. The second-order valence-electron chi connectivity index (χ2n) is 5.86. The molecular formula is C15H23NO2. The summed E-state index contributed by atoms with van der Waals surface area (Å²) in [5.41, 5.74) is 2.58. The average Bonchev–Trinajstić information content (AvgIpc) is 2.26. The topological polar surface area (TPSA) is 40.5 Å². The van der Waals surface area contributed by atoms with Crippen LogP contribution in [0.2, 0.25) is 0 Å². The zero-order valence-electron chi connectivity index (χ0n) is 11.9. The van der Waals surface area contributed by atoms with Crippen molar-refractivity contribution in [1.29, 1.82) is 0 Å². The van der Waals surface area contributed by atoms with Gasteiger partial charge in [0.2, 0.25) is 0 Å². The zero-order chi connectivity index (χ0) is 13.9. The number of carboxylic acid groups (broad SMARTS) is 1. The van der Waals surface area contributed by atoms with Crippen LogP contribution in [0.1, 0.15) is 44.9 Å². The van der Waals surface area contributed by atoms with Crippen molar-refractivity contribution in [3.8, 4) is 0 Å². The molecule has 0 aliphatic heterocycles. The third kappa shape index (κ3) is 3.84. The summed E-state index contributed by atoms with van der Waals surface area (Å²) in [6.45, 7) is 8.63. The lowest BCUT2D eigenvalue weighted by Crippen LogP contribution is -2.28. The van der Waals surface area contributed by atoms with E-state index in [0.29, 0.717) is 0 Å². The van der Waals surface area contributed by atoms with Crippen molar-refractivity contribution >= 4 is 5.97 Å². The number of carboxylic acids is 1. The van der Waals surface area contributed by atoms with Crippen molar-refractivity contribution in [2.45, 2.75) is 39.2 Å². The number of likely N-dealkylation sites (N-methyl/N-ethyl adjacent to an activating group) is 1. The normalized spacial score (nSPS) is 13.7. The van der Waals surface area contributed by atoms with E-state index in [-0.39, 0.29) is 18.0 Å². The highest BCUT2D eigenvalue weighted by atomic mass is 16.4. The first-order chi connectivity index (χ1) is 8.21. The van der Waals surface area contributed by atoms with E-state index < -0.39 is 5.97 Å². The molecule has 100 valence electrons. The van der Waals surface area contributed by atoms with Crippen molar-refractivity contribution in [3.05, 3.63) is 35.4 Å². The summed E-state index contributed by atoms with van der Waals surface area (Å²) in [5.74, 6) is -0.796. The smallest absolute Gasteiger partial charge is 0.317 e. The van der Waals surface area contributed by atoms with Gasteiger partial charge in [-0.1, -0.05) is 45.0 Å². The number of hydrogen-bond acceptors (Lipinski definition) is 2. The molecule has 1 rings (SSSR count). The minimum Gasteiger partial charge on any atom is -0.480 e. The van der Waals surface area contributed by atoms with Gasteiger partial charge in [0.15, 0.2) is 0 Å². The Balaban J connectivity index is 2.82. The third-order valence-electron chi connectivity index (χ3n) is 3.30. The Hall–Kier alpha value is -1.35. The van der Waals surface area contributed by atoms with Gasteiger partial charge in [0.05, 0.1) is 6.54 Å². The Morgan fingerprint density at radius 3 is 2.17 bits per heavy atom. The molecule has 1 unspecified atom stereocenters. The molecule has 1 aromatic carbocycles. The van der Waals surface area contributed by atoms with Crippen LogP contribution in [-0.2, 0) is 10.2 Å². The second-order valence-corrected chi connectivity index (χ2v) is 5.86. The number of aliphatic carboxylic acids is 1. The number of carbonyl (C=O) groups is 1. The van der Waals surface area contributed by atoms with Gasteiger partial charge in [0.25, 0.3) is 0 Å². The monoisotopic (exact) mass is 249 g/mol. The van der Waals surface area contributed by atoms with Gasteiger partial charge in [-0.05, 0) is 30.5 Å². The number of nitrogens with zero attached hydrogens (tertiary/aromatic N) is 1. The fraction of sp³-hybridized carbons (Fsp3) is 0.533. The summed E-state index contributed by atoms with van der Waals surface area (Å²) < 4.78 is 0. The van der Waals surface area contributed by atoms with Gasteiger partial charge in [-0.3, -0.25) is 9.69 Å². The van der Waals surface area contributed by atoms with E-state index in [1.807, 2.05) is 18.9 Å². The standard InChI is InChI=1S/C15H23NO2/c1-11(16(5)10-14(17)18)12-6-8-13(9-7-12)15(2,3)4/h6-9,11H,10H2,1-5H3,(H,17,18). The Labute approximate surface area is 109 Å². The minimum absolute atomic E-state index is 0.0577. The fourth-order valence-electron chi connectivity index (χ4n) is 1.87. The highest BCUT2D eigenvalue weighted by Gasteiger charge is 2.16. The van der Waals surface area contributed by atoms with E-state index in [1.165, 1.54) is 5.56 Å². The highest BCUT2D eigenvalue weighted by molar-refractivity contribution is 5.69. The van der Waals surface area contributed by atoms with E-state index >= 15 is 0 Å². The molecule has 0 aliphatic rings. The summed E-state index contributed by atoms with van der Waals surface area (Å²) in [4.78, 5) is 12.5. The Bertz CT molecular complexity index is 403. The second kappa shape index (κ2) is 5.53. The number of hydrogen-bond donors (Lipinski definition) is 1. The van der Waals surface area contributed by atoms with Crippen LogP contribution >= 0.6 is 0 Å². The highest BCUT2D eigenvalue weighted by Crippen LogP contribution is 2.25. The number of benzene rings is 1. The average molecular weight is 249 g/mol. The van der Waals surface area contributed by atoms with Crippen molar-refractivity contribution in [1.82, 2.24) is 4.90 Å². The van der Waals surface area contributed by atoms with Crippen LogP contribution in [0.25, 0.3) is 0 Å². The van der Waals surface area contributed by atoms with Crippen LogP contribution in [0.4, 0.5) is 0 Å². The molecule has 0 radical (unpaired) electrons. The summed E-state index contributed by atoms with van der Waals surface area (Å²) in [5, 5.41) is 8.79. The lowest BCUT2D eigenvalue weighted by atomic mass is 9.86. The van der Waals surface area contributed by atoms with Gasteiger partial charge in [-0.25, -0.2) is 0 Å². The van der Waals surface area contributed by atoms with E-state index in [2.05, 4.69) is 45.0 Å². The molecule has 0 saturated heterocycles. The van der Waals surface area contributed by atoms with Gasteiger partial charge in [0.1, 0.15) is 0 Å². The zero-order valence-corrected chi connectivity index (χ0v) is 11.9. The largest absolute Gasteiger partial charge is 0.480 e. The van der Waals surface area contributed by atoms with E-state index in [4.69, 9.17) is 5.11 Å². The Kier molecular flexibility index (Phi) is 4.52. The Morgan fingerprint density at radius 2 is 1.78 bits per heavy atom. The van der Waals surface area contributed by atoms with E-state index in [1.54, 1.807) is 0 Å². The van der Waals surface area contributed by atoms with Gasteiger partial charge < -0.3 is 5.11 Å². The lowest BCUT2D eigenvalue weighted by Gasteiger charge is -2.25. The maximum Gasteiger partial charge on any atom is 0.317 e. The van der Waals surface area contributed by atoms with Crippen molar-refractivity contribution in [2.75, 3.05) is 13.6 Å². The molecule has 0 amide bonds. The molecule has 0 bridgehead atoms. The molecule has 1 atom stereocenters. The van der Waals surface area contributed by atoms with Crippen molar-refractivity contribution < 1.29 is 9.90 Å². The molecule has 0 aliphatic carbocycles. The van der Waals surface area contributed by atoms with Gasteiger partial charge in [-0.2, -0.15) is 0 Å². The molecule has 0 heterocycles. The van der Waals surface area contributed by atoms with Crippen molar-refractivity contribution in [2.24, 2.45) is 0 Å². The molecule has 1 N–H and O–H groups in total. The Morgan fingerprint density at radius 1 is 1.28 bits per heavy atom. The molecule has 3 heteroatoms. The predicted octanol–water partition coefficient (Wildman–Crippen LogP) is 3.06. The first-order valence-corrected chi connectivity index (χ1v) is 6.24. The summed E-state index contributed by atoms with van der Waals surface area (Å²) >= 11 is 0. The van der Waals surface area contributed by atoms with Crippen LogP contribution in [0.3, 0.4) is 0 Å². The van der Waals surface area contributed by atoms with Crippen LogP contribution in [0.5, 0.6) is 0 Å². The lowest BCUT2D eigenvalue weighted by molar-refractivity contribution is -0.138. The van der Waals surface area contributed by atoms with Gasteiger partial charge in [-0.15, -0.1) is 0 Å². The quantitative estimate of drug-likeness (QED) is 0.891. The van der Waals surface area contributed by atoms with Gasteiger partial charge >= 0.3 is 5.97 Å². The molecule has 0 fully saturated rings. The van der Waals surface area contributed by atoms with Crippen molar-refractivity contribution in [3.63, 3.8) is 0 Å². The molecule has 18 heavy (non-hydrogen) atoms. The number of rotatable bonds is 4. The maximum absolute atomic E-state index is 10.7. The molecule has 1 aromatic rings. The molecule has 0 aromatic heterocycles. The molecular weight excluding hydrogens is 226 g/mol. The molecule has 3 nitrogen and oxygen atoms in total. The van der Waals surface area contributed by atoms with Crippen LogP contribution in [-0.4, -0.2) is 29.6 Å². The first kappa shape index (κ1) is 14.7. The van der Waals surface area contributed by atoms with Crippen LogP contribution in [0, 0.1) is 0 Å². The van der Waals surface area contributed by atoms with Crippen LogP contribution < -0.4 is 0 Å². The minimum atomic E-state index is -0.796. The van der Waals surface area contributed by atoms with E-state index in [9.17, 15) is 4.79 Å².